The lowest BCUT2D eigenvalue weighted by molar-refractivity contribution is -0.0817. The van der Waals surface area contributed by atoms with Crippen molar-refractivity contribution in [1.29, 1.82) is 0 Å². The van der Waals surface area contributed by atoms with E-state index in [0.29, 0.717) is 44.5 Å². The van der Waals surface area contributed by atoms with Gasteiger partial charge in [0.05, 0.1) is 42.2 Å². The molecule has 4 aromatic rings. The van der Waals surface area contributed by atoms with Gasteiger partial charge in [0.2, 0.25) is 5.78 Å². The summed E-state index contributed by atoms with van der Waals surface area (Å²) in [6.07, 6.45) is 3.76. The first-order valence-electron chi connectivity index (χ1n) is 12.8. The van der Waals surface area contributed by atoms with Crippen LogP contribution in [0.3, 0.4) is 0 Å². The van der Waals surface area contributed by atoms with Gasteiger partial charge in [0.25, 0.3) is 5.91 Å². The van der Waals surface area contributed by atoms with E-state index in [1.807, 2.05) is 17.2 Å². The van der Waals surface area contributed by atoms with Gasteiger partial charge < -0.3 is 9.64 Å². The van der Waals surface area contributed by atoms with Gasteiger partial charge in [0.15, 0.2) is 0 Å². The summed E-state index contributed by atoms with van der Waals surface area (Å²) in [6, 6.07) is 16.4. The van der Waals surface area contributed by atoms with Gasteiger partial charge in [-0.1, -0.05) is 50.2 Å². The van der Waals surface area contributed by atoms with E-state index < -0.39 is 5.82 Å². The van der Waals surface area contributed by atoms with E-state index in [1.165, 1.54) is 11.6 Å². The molecule has 0 radical (unpaired) electrons. The number of piperazine rings is 1. The summed E-state index contributed by atoms with van der Waals surface area (Å²) in [5.41, 5.74) is 4.44. The summed E-state index contributed by atoms with van der Waals surface area (Å²) in [5.74, 6) is 0.375. The third-order valence-electron chi connectivity index (χ3n) is 7.41. The van der Waals surface area contributed by atoms with E-state index in [2.05, 4.69) is 52.4 Å². The molecule has 0 spiro atoms. The molecule has 0 aliphatic carbocycles. The molecule has 2 unspecified atom stereocenters. The van der Waals surface area contributed by atoms with Gasteiger partial charge in [0, 0.05) is 37.6 Å². The van der Waals surface area contributed by atoms with Crippen molar-refractivity contribution in [2.24, 2.45) is 0 Å². The molecular weight excluding hydrogens is 469 g/mol. The summed E-state index contributed by atoms with van der Waals surface area (Å²) in [6.45, 7) is 7.17. The molecule has 2 aromatic heterocycles. The molecule has 2 atom stereocenters. The number of nitrogens with zero attached hydrogens (tertiary/aromatic N) is 5. The van der Waals surface area contributed by atoms with E-state index >= 15 is 0 Å². The number of morpholine rings is 1. The first-order valence-corrected chi connectivity index (χ1v) is 12.8. The van der Waals surface area contributed by atoms with Crippen molar-refractivity contribution in [3.8, 4) is 11.3 Å². The first kappa shape index (κ1) is 23.8. The van der Waals surface area contributed by atoms with Crippen molar-refractivity contribution >= 4 is 11.7 Å². The quantitative estimate of drug-likeness (QED) is 0.408. The maximum absolute atomic E-state index is 14.4. The molecule has 1 amide bonds. The highest BCUT2D eigenvalue weighted by Crippen LogP contribution is 2.30. The Bertz CT molecular complexity index is 1420. The van der Waals surface area contributed by atoms with E-state index in [0.717, 1.165) is 17.0 Å². The second kappa shape index (κ2) is 9.68. The van der Waals surface area contributed by atoms with Gasteiger partial charge in [-0.25, -0.2) is 14.4 Å². The highest BCUT2D eigenvalue weighted by Gasteiger charge is 2.42. The Morgan fingerprint density at radius 2 is 1.78 bits per heavy atom. The minimum atomic E-state index is -0.486. The molecule has 8 heteroatoms. The third-order valence-corrected chi connectivity index (χ3v) is 7.41. The molecule has 7 nitrogen and oxygen atoms in total. The van der Waals surface area contributed by atoms with Crippen LogP contribution in [0.5, 0.6) is 0 Å². The number of imidazole rings is 1. The Morgan fingerprint density at radius 1 is 1.05 bits per heavy atom. The first-order chi connectivity index (χ1) is 18.0. The molecule has 0 N–H and O–H groups in total. The highest BCUT2D eigenvalue weighted by molar-refractivity contribution is 5.95. The number of aromatic nitrogens is 3. The standard InChI is InChI=1S/C29H30FN5O2/c1-19(2)20-8-10-21(11-9-20)27-26(34-13-5-12-31-29(34)32-27)16-33-14-22-17-37-18-23(15-33)35(22)28(36)24-6-3-4-7-25(24)30/h3-13,19,22-23H,14-18H2,1-2H3. The zero-order valence-electron chi connectivity index (χ0n) is 21.0. The lowest BCUT2D eigenvalue weighted by atomic mass is 9.99. The Hall–Kier alpha value is -3.62. The number of amides is 1. The van der Waals surface area contributed by atoms with Gasteiger partial charge in [-0.05, 0) is 29.7 Å². The molecular formula is C29H30FN5O2. The van der Waals surface area contributed by atoms with Crippen molar-refractivity contribution in [3.05, 3.63) is 89.6 Å². The van der Waals surface area contributed by atoms with Gasteiger partial charge >= 0.3 is 0 Å². The minimum absolute atomic E-state index is 0.118. The minimum Gasteiger partial charge on any atom is -0.377 e. The number of hydrogen-bond acceptors (Lipinski definition) is 5. The second-order valence-electron chi connectivity index (χ2n) is 10.2. The van der Waals surface area contributed by atoms with Crippen LogP contribution in [-0.4, -0.2) is 68.5 Å². The van der Waals surface area contributed by atoms with Crippen molar-refractivity contribution in [2.75, 3.05) is 26.3 Å². The molecule has 2 fully saturated rings. The fraction of sp³-hybridized carbons (Fsp3) is 0.345. The molecule has 0 saturated carbocycles. The number of rotatable bonds is 5. The normalized spacial score (nSPS) is 20.1. The number of hydrogen-bond donors (Lipinski definition) is 0. The fourth-order valence-electron chi connectivity index (χ4n) is 5.54. The van der Waals surface area contributed by atoms with Crippen LogP contribution >= 0.6 is 0 Å². The lowest BCUT2D eigenvalue weighted by Crippen LogP contribution is -2.66. The predicted octanol–water partition coefficient (Wildman–Crippen LogP) is 4.38. The highest BCUT2D eigenvalue weighted by atomic mass is 19.1. The Labute approximate surface area is 215 Å². The SMILES string of the molecule is CC(C)c1ccc(-c2nc3ncccn3c2CN2CC3COCC(C2)N3C(=O)c2ccccc2F)cc1. The van der Waals surface area contributed by atoms with E-state index in [1.54, 1.807) is 24.4 Å². The number of halogens is 1. The molecule has 2 bridgehead atoms. The smallest absolute Gasteiger partial charge is 0.257 e. The molecule has 2 aromatic carbocycles. The number of carbonyl (C=O) groups excluding carboxylic acids is 1. The van der Waals surface area contributed by atoms with Gasteiger partial charge in [0.1, 0.15) is 5.82 Å². The molecule has 4 heterocycles. The van der Waals surface area contributed by atoms with Crippen molar-refractivity contribution in [3.63, 3.8) is 0 Å². The predicted molar refractivity (Wildman–Crippen MR) is 139 cm³/mol. The summed E-state index contributed by atoms with van der Waals surface area (Å²) < 4.78 is 22.3. The van der Waals surface area contributed by atoms with Crippen LogP contribution in [0.25, 0.3) is 17.0 Å². The lowest BCUT2D eigenvalue weighted by Gasteiger charge is -2.49. The molecule has 37 heavy (non-hydrogen) atoms. The Balaban J connectivity index is 1.29. The molecule has 2 saturated heterocycles. The van der Waals surface area contributed by atoms with E-state index in [-0.39, 0.29) is 23.6 Å². The maximum Gasteiger partial charge on any atom is 0.257 e. The van der Waals surface area contributed by atoms with Gasteiger partial charge in [-0.3, -0.25) is 14.1 Å². The van der Waals surface area contributed by atoms with Gasteiger partial charge in [-0.2, -0.15) is 0 Å². The van der Waals surface area contributed by atoms with E-state index in [9.17, 15) is 9.18 Å². The summed E-state index contributed by atoms with van der Waals surface area (Å²) in [7, 11) is 0. The zero-order valence-corrected chi connectivity index (χ0v) is 21.0. The van der Waals surface area contributed by atoms with Crippen LogP contribution in [0.4, 0.5) is 4.39 Å². The number of ether oxygens (including phenoxy) is 1. The van der Waals surface area contributed by atoms with Crippen molar-refractivity contribution < 1.29 is 13.9 Å². The summed E-state index contributed by atoms with van der Waals surface area (Å²) >= 11 is 0. The Kier molecular flexibility index (Phi) is 6.22. The summed E-state index contributed by atoms with van der Waals surface area (Å²) in [5, 5.41) is 0. The van der Waals surface area contributed by atoms with Crippen LogP contribution in [0.2, 0.25) is 0 Å². The zero-order chi connectivity index (χ0) is 25.5. The molecule has 6 rings (SSSR count). The van der Waals surface area contributed by atoms with Crippen LogP contribution in [-0.2, 0) is 11.3 Å². The van der Waals surface area contributed by atoms with Crippen molar-refractivity contribution in [1.82, 2.24) is 24.2 Å². The largest absolute Gasteiger partial charge is 0.377 e. The third kappa shape index (κ3) is 4.40. The van der Waals surface area contributed by atoms with Crippen molar-refractivity contribution in [2.45, 2.75) is 38.4 Å². The average molecular weight is 500 g/mol. The summed E-state index contributed by atoms with van der Waals surface area (Å²) in [4.78, 5) is 26.9. The monoisotopic (exact) mass is 499 g/mol. The fourth-order valence-corrected chi connectivity index (χ4v) is 5.54. The molecule has 190 valence electrons. The second-order valence-corrected chi connectivity index (χ2v) is 10.2. The number of fused-ring (bicyclic) bond motifs is 3. The number of carbonyl (C=O) groups is 1. The molecule has 2 aliphatic heterocycles. The Morgan fingerprint density at radius 3 is 2.49 bits per heavy atom. The maximum atomic E-state index is 14.4. The molecule has 2 aliphatic rings. The van der Waals surface area contributed by atoms with Crippen LogP contribution in [0.1, 0.15) is 41.4 Å². The van der Waals surface area contributed by atoms with Crippen LogP contribution in [0.15, 0.2) is 67.0 Å². The van der Waals surface area contributed by atoms with Crippen LogP contribution < -0.4 is 0 Å². The number of benzene rings is 2. The average Bonchev–Trinajstić information content (AvgIpc) is 3.26. The van der Waals surface area contributed by atoms with Crippen LogP contribution in [0, 0.1) is 5.82 Å². The van der Waals surface area contributed by atoms with Gasteiger partial charge in [-0.15, -0.1) is 0 Å². The topological polar surface area (TPSA) is 63.0 Å². The van der Waals surface area contributed by atoms with E-state index in [4.69, 9.17) is 9.72 Å².